The van der Waals surface area contributed by atoms with Gasteiger partial charge in [-0.3, -0.25) is 9.48 Å². The quantitative estimate of drug-likeness (QED) is 0.253. The Balaban J connectivity index is 0.00000441. The second-order valence-corrected chi connectivity index (χ2v) is 4.87. The number of rotatable bonds is 7. The molecule has 0 fully saturated rings. The molecule has 0 atom stereocenters. The number of carbonyl (C=O) groups excluding carboxylic acids is 1. The summed E-state index contributed by atoms with van der Waals surface area (Å²) in [7, 11) is 1.83. The summed E-state index contributed by atoms with van der Waals surface area (Å²) in [4.78, 5) is 20.0. The Hall–Kier alpha value is -1.39. The van der Waals surface area contributed by atoms with Crippen molar-refractivity contribution < 1.29 is 4.79 Å². The Morgan fingerprint density at radius 2 is 2.00 bits per heavy atom. The molecule has 126 valence electrons. The van der Waals surface area contributed by atoms with Crippen molar-refractivity contribution in [1.29, 1.82) is 0 Å². The maximum absolute atomic E-state index is 11.4. The third kappa shape index (κ3) is 7.57. The lowest BCUT2D eigenvalue weighted by Gasteiger charge is -2.12. The molecule has 0 saturated heterocycles. The van der Waals surface area contributed by atoms with Crippen LogP contribution in [0.2, 0.25) is 0 Å². The van der Waals surface area contributed by atoms with Gasteiger partial charge < -0.3 is 16.0 Å². The molecule has 0 saturated carbocycles. The van der Waals surface area contributed by atoms with Crippen molar-refractivity contribution in [3.63, 3.8) is 0 Å². The molecule has 0 bridgehead atoms. The van der Waals surface area contributed by atoms with E-state index in [1.165, 1.54) is 6.33 Å². The first-order valence-corrected chi connectivity index (χ1v) is 7.17. The van der Waals surface area contributed by atoms with Crippen LogP contribution in [0.4, 0.5) is 0 Å². The predicted molar refractivity (Wildman–Crippen MR) is 97.1 cm³/mol. The van der Waals surface area contributed by atoms with Crippen molar-refractivity contribution >= 4 is 35.8 Å². The van der Waals surface area contributed by atoms with E-state index in [1.807, 2.05) is 27.8 Å². The van der Waals surface area contributed by atoms with Gasteiger partial charge in [-0.25, -0.2) is 9.98 Å². The summed E-state index contributed by atoms with van der Waals surface area (Å²) in [6.07, 6.45) is 1.51. The summed E-state index contributed by atoms with van der Waals surface area (Å²) in [5.74, 6) is 1.54. The summed E-state index contributed by atoms with van der Waals surface area (Å²) < 4.78 is 1.69. The van der Waals surface area contributed by atoms with E-state index in [4.69, 9.17) is 0 Å². The molecule has 1 aromatic heterocycles. The summed E-state index contributed by atoms with van der Waals surface area (Å²) in [6.45, 7) is 8.13. The zero-order valence-corrected chi connectivity index (χ0v) is 15.9. The number of nitrogens with one attached hydrogen (secondary N) is 3. The van der Waals surface area contributed by atoms with Gasteiger partial charge in [0, 0.05) is 32.6 Å². The van der Waals surface area contributed by atoms with Gasteiger partial charge in [-0.05, 0) is 6.92 Å². The SMILES string of the molecule is CCNC(=NCc1ncnn1C)NCCNC(=O)C(C)C.I. The van der Waals surface area contributed by atoms with Crippen molar-refractivity contribution in [2.24, 2.45) is 18.0 Å². The molecule has 0 radical (unpaired) electrons. The molecular formula is C13H26IN7O. The van der Waals surface area contributed by atoms with Gasteiger partial charge in [-0.15, -0.1) is 24.0 Å². The molecule has 1 aromatic rings. The first-order valence-electron chi connectivity index (χ1n) is 7.17. The highest BCUT2D eigenvalue weighted by Crippen LogP contribution is 1.93. The van der Waals surface area contributed by atoms with E-state index in [2.05, 4.69) is 31.0 Å². The average molecular weight is 423 g/mol. The van der Waals surface area contributed by atoms with Crippen LogP contribution in [0, 0.1) is 5.92 Å². The maximum Gasteiger partial charge on any atom is 0.222 e. The normalized spacial score (nSPS) is 11.0. The predicted octanol–water partition coefficient (Wildman–Crippen LogP) is 0.260. The summed E-state index contributed by atoms with van der Waals surface area (Å²) in [6, 6.07) is 0. The monoisotopic (exact) mass is 423 g/mol. The van der Waals surface area contributed by atoms with Crippen molar-refractivity contribution in [3.8, 4) is 0 Å². The van der Waals surface area contributed by atoms with Gasteiger partial charge >= 0.3 is 0 Å². The van der Waals surface area contributed by atoms with Gasteiger partial charge in [-0.1, -0.05) is 13.8 Å². The fraction of sp³-hybridized carbons (Fsp3) is 0.692. The van der Waals surface area contributed by atoms with E-state index in [0.717, 1.165) is 12.4 Å². The number of amides is 1. The van der Waals surface area contributed by atoms with E-state index in [0.29, 0.717) is 25.6 Å². The second kappa shape index (κ2) is 11.2. The van der Waals surface area contributed by atoms with E-state index < -0.39 is 0 Å². The Bertz CT molecular complexity index is 473. The zero-order chi connectivity index (χ0) is 15.7. The minimum atomic E-state index is 0. The molecule has 1 amide bonds. The summed E-state index contributed by atoms with van der Waals surface area (Å²) in [5.41, 5.74) is 0. The number of halogens is 1. The Morgan fingerprint density at radius 1 is 1.32 bits per heavy atom. The summed E-state index contributed by atoms with van der Waals surface area (Å²) >= 11 is 0. The lowest BCUT2D eigenvalue weighted by Crippen LogP contribution is -2.42. The fourth-order valence-electron chi connectivity index (χ4n) is 1.53. The van der Waals surface area contributed by atoms with Crippen molar-refractivity contribution in [2.45, 2.75) is 27.3 Å². The zero-order valence-electron chi connectivity index (χ0n) is 13.6. The highest BCUT2D eigenvalue weighted by Gasteiger charge is 2.05. The van der Waals surface area contributed by atoms with Gasteiger partial charge in [0.25, 0.3) is 0 Å². The number of aromatic nitrogens is 3. The first-order chi connectivity index (χ1) is 10.0. The number of guanidine groups is 1. The number of nitrogens with zero attached hydrogens (tertiary/aromatic N) is 4. The third-order valence-electron chi connectivity index (χ3n) is 2.77. The van der Waals surface area contributed by atoms with Crippen LogP contribution in [0.15, 0.2) is 11.3 Å². The standard InChI is InChI=1S/C13H25N7O.HI/c1-5-14-13(16-7-6-15-12(21)10(2)3)17-8-11-18-9-19-20(11)4;/h9-10H,5-8H2,1-4H3,(H,15,21)(H2,14,16,17);1H. The molecule has 9 heteroatoms. The van der Waals surface area contributed by atoms with Crippen LogP contribution >= 0.6 is 24.0 Å². The third-order valence-corrected chi connectivity index (χ3v) is 2.77. The Morgan fingerprint density at radius 3 is 2.55 bits per heavy atom. The van der Waals surface area contributed by atoms with E-state index in [1.54, 1.807) is 4.68 Å². The van der Waals surface area contributed by atoms with Crippen LogP contribution in [-0.2, 0) is 18.4 Å². The molecule has 0 unspecified atom stereocenters. The molecule has 0 aliphatic heterocycles. The maximum atomic E-state index is 11.4. The number of hydrogen-bond donors (Lipinski definition) is 3. The second-order valence-electron chi connectivity index (χ2n) is 4.87. The molecule has 0 spiro atoms. The van der Waals surface area contributed by atoms with E-state index >= 15 is 0 Å². The number of carbonyl (C=O) groups is 1. The van der Waals surface area contributed by atoms with Gasteiger partial charge in [0.05, 0.1) is 0 Å². The largest absolute Gasteiger partial charge is 0.357 e. The smallest absolute Gasteiger partial charge is 0.222 e. The van der Waals surface area contributed by atoms with E-state index in [9.17, 15) is 4.79 Å². The van der Waals surface area contributed by atoms with Crippen molar-refractivity contribution in [3.05, 3.63) is 12.2 Å². The highest BCUT2D eigenvalue weighted by atomic mass is 127. The minimum Gasteiger partial charge on any atom is -0.357 e. The number of aliphatic imine (C=N–C) groups is 1. The van der Waals surface area contributed by atoms with Crippen molar-refractivity contribution in [1.82, 2.24) is 30.7 Å². The molecule has 0 aliphatic rings. The first kappa shape index (κ1) is 20.6. The number of hydrogen-bond acceptors (Lipinski definition) is 4. The minimum absolute atomic E-state index is 0. The average Bonchev–Trinajstić information content (AvgIpc) is 2.85. The van der Waals surface area contributed by atoms with Crippen LogP contribution in [-0.4, -0.2) is 46.3 Å². The van der Waals surface area contributed by atoms with Crippen LogP contribution in [0.25, 0.3) is 0 Å². The molecular weight excluding hydrogens is 397 g/mol. The van der Waals surface area contributed by atoms with E-state index in [-0.39, 0.29) is 35.8 Å². The van der Waals surface area contributed by atoms with Gasteiger partial charge in [0.15, 0.2) is 5.96 Å². The molecule has 3 N–H and O–H groups in total. The molecule has 0 aromatic carbocycles. The molecule has 8 nitrogen and oxygen atoms in total. The van der Waals surface area contributed by atoms with Crippen LogP contribution in [0.1, 0.15) is 26.6 Å². The topological polar surface area (TPSA) is 96.2 Å². The Kier molecular flexibility index (Phi) is 10.5. The molecule has 1 heterocycles. The van der Waals surface area contributed by atoms with Crippen LogP contribution in [0.3, 0.4) is 0 Å². The Labute approximate surface area is 148 Å². The van der Waals surface area contributed by atoms with Gasteiger partial charge in [0.1, 0.15) is 18.7 Å². The molecule has 0 aliphatic carbocycles. The lowest BCUT2D eigenvalue weighted by molar-refractivity contribution is -0.123. The van der Waals surface area contributed by atoms with Crippen LogP contribution in [0.5, 0.6) is 0 Å². The molecule has 22 heavy (non-hydrogen) atoms. The fourth-order valence-corrected chi connectivity index (χ4v) is 1.53. The lowest BCUT2D eigenvalue weighted by atomic mass is 10.2. The van der Waals surface area contributed by atoms with Gasteiger partial charge in [-0.2, -0.15) is 5.10 Å². The highest BCUT2D eigenvalue weighted by molar-refractivity contribution is 14.0. The molecule has 1 rings (SSSR count). The summed E-state index contributed by atoms with van der Waals surface area (Å²) in [5, 5.41) is 13.2. The van der Waals surface area contributed by atoms with Crippen molar-refractivity contribution in [2.75, 3.05) is 19.6 Å². The van der Waals surface area contributed by atoms with Gasteiger partial charge in [0.2, 0.25) is 5.91 Å². The number of aryl methyl sites for hydroxylation is 1. The van der Waals surface area contributed by atoms with Crippen LogP contribution < -0.4 is 16.0 Å².